The molecule has 2 N–H and O–H groups in total. The molecule has 2 aliphatic heterocycles. The van der Waals surface area contributed by atoms with E-state index in [4.69, 9.17) is 0 Å². The number of benzene rings is 1. The maximum Gasteiger partial charge on any atom is 0.336 e. The van der Waals surface area contributed by atoms with Crippen LogP contribution in [0.5, 0.6) is 0 Å². The first-order chi connectivity index (χ1) is 13.5. The van der Waals surface area contributed by atoms with Gasteiger partial charge in [0.05, 0.1) is 26.2 Å². The molecule has 1 aromatic carbocycles. The van der Waals surface area contributed by atoms with E-state index in [2.05, 4.69) is 22.0 Å². The van der Waals surface area contributed by atoms with E-state index in [1.807, 2.05) is 43.6 Å². The number of imide groups is 1. The van der Waals surface area contributed by atoms with Crippen LogP contribution < -0.4 is 19.7 Å². The van der Waals surface area contributed by atoms with Crippen LogP contribution >= 0.6 is 0 Å². The number of aromatic nitrogens is 1. The van der Waals surface area contributed by atoms with Crippen LogP contribution in [0.4, 0.5) is 16.2 Å². The largest absolute Gasteiger partial charge is 0.360 e. The molecule has 7 nitrogen and oxygen atoms in total. The highest BCUT2D eigenvalue weighted by molar-refractivity contribution is 6.13. The Labute approximate surface area is 165 Å². The predicted octanol–water partition coefficient (Wildman–Crippen LogP) is 0.329. The first kappa shape index (κ1) is 18.4. The van der Waals surface area contributed by atoms with Gasteiger partial charge >= 0.3 is 6.03 Å². The van der Waals surface area contributed by atoms with Crippen molar-refractivity contribution < 1.29 is 19.5 Å². The van der Waals surface area contributed by atoms with Gasteiger partial charge in [0.2, 0.25) is 0 Å². The van der Waals surface area contributed by atoms with Crippen molar-refractivity contribution in [2.75, 3.05) is 42.6 Å². The topological polar surface area (TPSA) is 62.4 Å². The first-order valence-electron chi connectivity index (χ1n) is 9.80. The maximum atomic E-state index is 13.0. The summed E-state index contributed by atoms with van der Waals surface area (Å²) in [4.78, 5) is 35.4. The minimum Gasteiger partial charge on any atom is -0.360 e. The van der Waals surface area contributed by atoms with Gasteiger partial charge in [-0.2, -0.15) is 0 Å². The highest BCUT2D eigenvalue weighted by Gasteiger charge is 2.45. The first-order valence-corrected chi connectivity index (χ1v) is 9.80. The molecular formula is C21H27N5O2+2. The van der Waals surface area contributed by atoms with Crippen molar-refractivity contribution in [2.24, 2.45) is 0 Å². The summed E-state index contributed by atoms with van der Waals surface area (Å²) in [5.41, 5.74) is 3.11. The molecule has 1 atom stereocenters. The Morgan fingerprint density at radius 1 is 1.00 bits per heavy atom. The quantitative estimate of drug-likeness (QED) is 0.777. The van der Waals surface area contributed by atoms with E-state index in [0.29, 0.717) is 6.67 Å². The number of piperazine rings is 1. The normalized spacial score (nSPS) is 20.9. The molecule has 0 unspecified atom stereocenters. The van der Waals surface area contributed by atoms with Gasteiger partial charge < -0.3 is 9.80 Å². The van der Waals surface area contributed by atoms with Crippen molar-refractivity contribution in [1.82, 2.24) is 4.90 Å². The Hall–Kier alpha value is -2.93. The lowest BCUT2D eigenvalue weighted by molar-refractivity contribution is -0.907. The van der Waals surface area contributed by atoms with Gasteiger partial charge in [-0.15, -0.1) is 0 Å². The number of H-pyrrole nitrogens is 1. The molecule has 2 aromatic rings. The number of nitrogens with zero attached hydrogens (tertiary/aromatic N) is 3. The summed E-state index contributed by atoms with van der Waals surface area (Å²) in [5, 5.41) is 0. The Morgan fingerprint density at radius 2 is 1.64 bits per heavy atom. The summed E-state index contributed by atoms with van der Waals surface area (Å²) >= 11 is 0. The van der Waals surface area contributed by atoms with Crippen molar-refractivity contribution in [3.63, 3.8) is 0 Å². The number of hydrogen-bond acceptors (Lipinski definition) is 3. The van der Waals surface area contributed by atoms with Crippen molar-refractivity contribution in [3.05, 3.63) is 54.4 Å². The Bertz CT molecular complexity index is 847. The Kier molecular flexibility index (Phi) is 5.00. The molecule has 4 rings (SSSR count). The maximum absolute atomic E-state index is 13.0. The van der Waals surface area contributed by atoms with E-state index in [1.165, 1.54) is 15.5 Å². The number of nitrogens with one attached hydrogen (secondary N) is 2. The number of quaternary nitrogens is 1. The smallest absolute Gasteiger partial charge is 0.336 e. The van der Waals surface area contributed by atoms with Gasteiger partial charge in [0.1, 0.15) is 6.04 Å². The molecule has 3 heterocycles. The molecule has 0 bridgehead atoms. The zero-order valence-electron chi connectivity index (χ0n) is 16.4. The van der Waals surface area contributed by atoms with Crippen LogP contribution in [-0.2, 0) is 4.79 Å². The molecule has 2 aliphatic rings. The Morgan fingerprint density at radius 3 is 2.29 bits per heavy atom. The number of carbonyl (C=O) groups is 2. The fraction of sp³-hybridized carbons (Fsp3) is 0.381. The summed E-state index contributed by atoms with van der Waals surface area (Å²) < 4.78 is 0. The molecule has 1 aromatic heterocycles. The Balaban J connectivity index is 1.40. The zero-order chi connectivity index (χ0) is 19.7. The van der Waals surface area contributed by atoms with Gasteiger partial charge in [-0.3, -0.25) is 9.69 Å². The van der Waals surface area contributed by atoms with Crippen molar-refractivity contribution in [1.29, 1.82) is 0 Å². The number of amides is 3. The van der Waals surface area contributed by atoms with Gasteiger partial charge in [-0.05, 0) is 26.0 Å². The number of hydrogen-bond donors (Lipinski definition) is 1. The van der Waals surface area contributed by atoms with E-state index >= 15 is 0 Å². The number of rotatable bonds is 4. The molecule has 2 fully saturated rings. The van der Waals surface area contributed by atoms with Crippen molar-refractivity contribution >= 4 is 23.3 Å². The average molecular weight is 381 g/mol. The van der Waals surface area contributed by atoms with E-state index in [-0.39, 0.29) is 11.9 Å². The number of aromatic amines is 1. The van der Waals surface area contributed by atoms with Gasteiger partial charge in [0.15, 0.2) is 19.1 Å². The minimum absolute atomic E-state index is 0.112. The van der Waals surface area contributed by atoms with Crippen LogP contribution in [-0.4, -0.2) is 55.7 Å². The molecule has 7 heteroatoms. The van der Waals surface area contributed by atoms with Crippen LogP contribution in [0.25, 0.3) is 0 Å². The number of carbonyl (C=O) groups excluding carboxylic acids is 2. The van der Waals surface area contributed by atoms with Crippen LogP contribution in [0.3, 0.4) is 0 Å². The molecular weight excluding hydrogens is 354 g/mol. The van der Waals surface area contributed by atoms with Gasteiger partial charge in [0.25, 0.3) is 5.91 Å². The van der Waals surface area contributed by atoms with E-state index in [9.17, 15) is 9.59 Å². The van der Waals surface area contributed by atoms with Crippen molar-refractivity contribution in [2.45, 2.75) is 19.9 Å². The summed E-state index contributed by atoms with van der Waals surface area (Å²) in [6, 6.07) is 11.2. The van der Waals surface area contributed by atoms with Gasteiger partial charge in [-0.1, -0.05) is 17.7 Å². The van der Waals surface area contributed by atoms with Crippen LogP contribution in [0.15, 0.2) is 48.8 Å². The molecule has 146 valence electrons. The van der Waals surface area contributed by atoms with Gasteiger partial charge in [0, 0.05) is 23.5 Å². The van der Waals surface area contributed by atoms with E-state index < -0.39 is 6.04 Å². The summed E-state index contributed by atoms with van der Waals surface area (Å²) in [6.07, 6.45) is 3.86. The number of pyridine rings is 1. The highest BCUT2D eigenvalue weighted by atomic mass is 16.2. The molecule has 0 saturated carbocycles. The lowest BCUT2D eigenvalue weighted by Gasteiger charge is -2.34. The monoisotopic (exact) mass is 381 g/mol. The lowest BCUT2D eigenvalue weighted by atomic mass is 10.2. The molecule has 0 spiro atoms. The second-order valence-electron chi connectivity index (χ2n) is 7.58. The SMILES string of the molecule is Cc1ccc(N2C(=O)N(C[NH+]3CCN(c4cc[nH+]cc4)CC3)C(=O)[C@@H]2C)cc1. The van der Waals surface area contributed by atoms with Crippen molar-refractivity contribution in [3.8, 4) is 0 Å². The van der Waals surface area contributed by atoms with Crippen LogP contribution in [0.2, 0.25) is 0 Å². The third-order valence-corrected chi connectivity index (χ3v) is 5.68. The average Bonchev–Trinajstić information content (AvgIpc) is 2.93. The summed E-state index contributed by atoms with van der Waals surface area (Å²) in [7, 11) is 0. The van der Waals surface area contributed by atoms with E-state index in [0.717, 1.165) is 37.4 Å². The second-order valence-corrected chi connectivity index (χ2v) is 7.58. The number of urea groups is 1. The second kappa shape index (κ2) is 7.59. The highest BCUT2D eigenvalue weighted by Crippen LogP contribution is 2.25. The standard InChI is InChI=1S/C21H25N5O2/c1-16-3-5-19(6-4-16)26-17(2)20(27)25(21(26)28)15-23-11-13-24(14-12-23)18-7-9-22-10-8-18/h3-10,17H,11-15H2,1-2H3/p+2/t17-/m0/s1. The molecule has 2 saturated heterocycles. The number of anilines is 2. The molecule has 0 aliphatic carbocycles. The number of aryl methyl sites for hydroxylation is 1. The molecule has 0 radical (unpaired) electrons. The third-order valence-electron chi connectivity index (χ3n) is 5.68. The fourth-order valence-electron chi connectivity index (χ4n) is 3.96. The molecule has 3 amide bonds. The summed E-state index contributed by atoms with van der Waals surface area (Å²) in [5.74, 6) is -0.112. The van der Waals surface area contributed by atoms with E-state index in [1.54, 1.807) is 11.8 Å². The fourth-order valence-corrected chi connectivity index (χ4v) is 3.96. The van der Waals surface area contributed by atoms with Crippen LogP contribution in [0.1, 0.15) is 12.5 Å². The van der Waals surface area contributed by atoms with Gasteiger partial charge in [-0.25, -0.2) is 14.7 Å². The lowest BCUT2D eigenvalue weighted by Crippen LogP contribution is -3.16. The third kappa shape index (κ3) is 3.45. The predicted molar refractivity (Wildman–Crippen MR) is 106 cm³/mol. The van der Waals surface area contributed by atoms with Crippen LogP contribution in [0, 0.1) is 6.92 Å². The summed E-state index contributed by atoms with van der Waals surface area (Å²) in [6.45, 7) is 7.86. The minimum atomic E-state index is -0.462. The zero-order valence-corrected chi connectivity index (χ0v) is 16.4. The molecule has 28 heavy (non-hydrogen) atoms.